The molecule has 1 N–H and O–H groups in total. The summed E-state index contributed by atoms with van der Waals surface area (Å²) in [5.41, 5.74) is 0.972. The monoisotopic (exact) mass is 191 g/mol. The van der Waals surface area contributed by atoms with E-state index < -0.39 is 0 Å². The van der Waals surface area contributed by atoms with Crippen molar-refractivity contribution in [2.24, 2.45) is 5.92 Å². The maximum absolute atomic E-state index is 10.1. The summed E-state index contributed by atoms with van der Waals surface area (Å²) < 4.78 is 0. The smallest absolute Gasteiger partial charge is 0.0833 e. The molecule has 0 aliphatic heterocycles. The molecule has 2 nitrogen and oxygen atoms in total. The third-order valence-corrected chi connectivity index (χ3v) is 3.12. The Kier molecular flexibility index (Phi) is 3.14. The first-order chi connectivity index (χ1) is 6.88. The first kappa shape index (κ1) is 9.66. The van der Waals surface area contributed by atoms with E-state index in [1.807, 2.05) is 12.1 Å². The quantitative estimate of drug-likeness (QED) is 0.779. The molecular formula is C12H17NO. The number of pyridine rings is 1. The minimum absolute atomic E-state index is 0.302. The molecule has 0 amide bonds. The normalized spacial score (nSPS) is 20.6. The van der Waals surface area contributed by atoms with Gasteiger partial charge in [-0.05, 0) is 30.4 Å². The molecule has 1 saturated carbocycles. The van der Waals surface area contributed by atoms with Crippen LogP contribution in [-0.2, 0) is 0 Å². The summed E-state index contributed by atoms with van der Waals surface area (Å²) in [6.07, 6.45) is 9.41. The fourth-order valence-corrected chi connectivity index (χ4v) is 2.27. The van der Waals surface area contributed by atoms with Crippen LogP contribution >= 0.6 is 0 Å². The van der Waals surface area contributed by atoms with Gasteiger partial charge in [-0.15, -0.1) is 0 Å². The van der Waals surface area contributed by atoms with Crippen LogP contribution in [0.25, 0.3) is 0 Å². The fraction of sp³-hybridized carbons (Fsp3) is 0.583. The van der Waals surface area contributed by atoms with Gasteiger partial charge < -0.3 is 5.11 Å². The van der Waals surface area contributed by atoms with E-state index in [1.54, 1.807) is 12.4 Å². The highest BCUT2D eigenvalue weighted by atomic mass is 16.3. The van der Waals surface area contributed by atoms with Crippen LogP contribution in [0.4, 0.5) is 0 Å². The highest BCUT2D eigenvalue weighted by Crippen LogP contribution is 2.33. The summed E-state index contributed by atoms with van der Waals surface area (Å²) in [6, 6.07) is 3.85. The Hall–Kier alpha value is -0.890. The summed E-state index contributed by atoms with van der Waals surface area (Å²) >= 11 is 0. The second kappa shape index (κ2) is 4.56. The van der Waals surface area contributed by atoms with Crippen LogP contribution in [0.15, 0.2) is 24.5 Å². The molecular weight excluding hydrogens is 174 g/mol. The topological polar surface area (TPSA) is 33.1 Å². The van der Waals surface area contributed by atoms with Gasteiger partial charge in [0.15, 0.2) is 0 Å². The molecule has 1 aliphatic carbocycles. The van der Waals surface area contributed by atoms with Crippen molar-refractivity contribution in [1.82, 2.24) is 4.98 Å². The van der Waals surface area contributed by atoms with Gasteiger partial charge >= 0.3 is 0 Å². The SMILES string of the molecule is O[C@H](c1cccnc1)C1CCCCC1. The molecule has 1 aromatic rings. The van der Waals surface area contributed by atoms with Crippen molar-refractivity contribution in [1.29, 1.82) is 0 Å². The molecule has 2 rings (SSSR count). The molecule has 1 aliphatic rings. The third kappa shape index (κ3) is 2.13. The standard InChI is InChI=1S/C12H17NO/c14-12(10-5-2-1-3-6-10)11-7-4-8-13-9-11/h4,7-10,12,14H,1-3,5-6H2/t12-/m0/s1. The molecule has 0 spiro atoms. The third-order valence-electron chi connectivity index (χ3n) is 3.12. The highest BCUT2D eigenvalue weighted by molar-refractivity contribution is 5.12. The number of aliphatic hydroxyl groups is 1. The Labute approximate surface area is 85.0 Å². The molecule has 1 heterocycles. The number of rotatable bonds is 2. The minimum atomic E-state index is -0.302. The van der Waals surface area contributed by atoms with Crippen molar-refractivity contribution in [3.63, 3.8) is 0 Å². The molecule has 1 atom stereocenters. The second-order valence-electron chi connectivity index (χ2n) is 4.13. The number of nitrogens with zero attached hydrogens (tertiary/aromatic N) is 1. The van der Waals surface area contributed by atoms with Crippen LogP contribution in [0.3, 0.4) is 0 Å². The molecule has 76 valence electrons. The summed E-state index contributed by atoms with van der Waals surface area (Å²) in [5.74, 6) is 0.452. The van der Waals surface area contributed by atoms with Gasteiger partial charge in [0.1, 0.15) is 0 Å². The first-order valence-corrected chi connectivity index (χ1v) is 5.46. The summed E-state index contributed by atoms with van der Waals surface area (Å²) in [7, 11) is 0. The highest BCUT2D eigenvalue weighted by Gasteiger charge is 2.22. The molecule has 1 fully saturated rings. The molecule has 1 aromatic heterocycles. The zero-order valence-electron chi connectivity index (χ0n) is 8.39. The van der Waals surface area contributed by atoms with E-state index >= 15 is 0 Å². The van der Waals surface area contributed by atoms with Crippen LogP contribution in [0.1, 0.15) is 43.8 Å². The van der Waals surface area contributed by atoms with Crippen LogP contribution < -0.4 is 0 Å². The van der Waals surface area contributed by atoms with Crippen LogP contribution in [0.2, 0.25) is 0 Å². The van der Waals surface area contributed by atoms with Crippen LogP contribution in [0, 0.1) is 5.92 Å². The van der Waals surface area contributed by atoms with Gasteiger partial charge in [-0.3, -0.25) is 4.98 Å². The number of hydrogen-bond donors (Lipinski definition) is 1. The van der Waals surface area contributed by atoms with Gasteiger partial charge in [0.05, 0.1) is 6.10 Å². The van der Waals surface area contributed by atoms with Gasteiger partial charge in [-0.1, -0.05) is 25.3 Å². The molecule has 14 heavy (non-hydrogen) atoms. The van der Waals surface area contributed by atoms with Crippen LogP contribution in [-0.4, -0.2) is 10.1 Å². The molecule has 0 aromatic carbocycles. The maximum Gasteiger partial charge on any atom is 0.0833 e. The molecule has 2 heteroatoms. The van der Waals surface area contributed by atoms with E-state index in [0.29, 0.717) is 5.92 Å². The molecule has 0 saturated heterocycles. The van der Waals surface area contributed by atoms with E-state index in [2.05, 4.69) is 4.98 Å². The lowest BCUT2D eigenvalue weighted by Crippen LogP contribution is -2.15. The van der Waals surface area contributed by atoms with Gasteiger partial charge in [0.2, 0.25) is 0 Å². The second-order valence-corrected chi connectivity index (χ2v) is 4.13. The predicted molar refractivity (Wildman–Crippen MR) is 55.8 cm³/mol. The van der Waals surface area contributed by atoms with E-state index in [0.717, 1.165) is 18.4 Å². The minimum Gasteiger partial charge on any atom is -0.388 e. The Bertz CT molecular complexity index is 267. The van der Waals surface area contributed by atoms with Gasteiger partial charge in [-0.25, -0.2) is 0 Å². The maximum atomic E-state index is 10.1. The van der Waals surface area contributed by atoms with E-state index in [4.69, 9.17) is 0 Å². The van der Waals surface area contributed by atoms with E-state index in [9.17, 15) is 5.11 Å². The van der Waals surface area contributed by atoms with E-state index in [-0.39, 0.29) is 6.10 Å². The number of aromatic nitrogens is 1. The van der Waals surface area contributed by atoms with Crippen molar-refractivity contribution in [3.8, 4) is 0 Å². The molecule has 0 unspecified atom stereocenters. The Morgan fingerprint density at radius 3 is 2.71 bits per heavy atom. The van der Waals surface area contributed by atoms with Crippen molar-refractivity contribution < 1.29 is 5.11 Å². The largest absolute Gasteiger partial charge is 0.388 e. The average Bonchev–Trinajstić information content (AvgIpc) is 2.30. The summed E-state index contributed by atoms with van der Waals surface area (Å²) in [6.45, 7) is 0. The lowest BCUT2D eigenvalue weighted by atomic mass is 9.83. The van der Waals surface area contributed by atoms with Gasteiger partial charge in [0, 0.05) is 12.4 Å². The number of aliphatic hydroxyl groups excluding tert-OH is 1. The zero-order valence-corrected chi connectivity index (χ0v) is 8.39. The van der Waals surface area contributed by atoms with Crippen molar-refractivity contribution in [3.05, 3.63) is 30.1 Å². The van der Waals surface area contributed by atoms with Gasteiger partial charge in [-0.2, -0.15) is 0 Å². The summed E-state index contributed by atoms with van der Waals surface area (Å²) in [4.78, 5) is 4.04. The Morgan fingerprint density at radius 2 is 2.07 bits per heavy atom. The van der Waals surface area contributed by atoms with Crippen LogP contribution in [0.5, 0.6) is 0 Å². The average molecular weight is 191 g/mol. The first-order valence-electron chi connectivity index (χ1n) is 5.46. The van der Waals surface area contributed by atoms with Crippen molar-refractivity contribution >= 4 is 0 Å². The molecule has 0 bridgehead atoms. The zero-order chi connectivity index (χ0) is 9.80. The summed E-state index contributed by atoms with van der Waals surface area (Å²) in [5, 5.41) is 10.1. The fourth-order valence-electron chi connectivity index (χ4n) is 2.27. The lowest BCUT2D eigenvalue weighted by Gasteiger charge is -2.26. The predicted octanol–water partition coefficient (Wildman–Crippen LogP) is 2.70. The number of hydrogen-bond acceptors (Lipinski definition) is 2. The van der Waals surface area contributed by atoms with Crippen molar-refractivity contribution in [2.45, 2.75) is 38.2 Å². The van der Waals surface area contributed by atoms with Crippen molar-refractivity contribution in [2.75, 3.05) is 0 Å². The lowest BCUT2D eigenvalue weighted by molar-refractivity contribution is 0.0845. The Morgan fingerprint density at radius 1 is 1.29 bits per heavy atom. The van der Waals surface area contributed by atoms with E-state index in [1.165, 1.54) is 19.3 Å². The Balaban J connectivity index is 2.03. The molecule has 0 radical (unpaired) electrons. The van der Waals surface area contributed by atoms with Gasteiger partial charge in [0.25, 0.3) is 0 Å².